The molecule has 5 heteroatoms. The summed E-state index contributed by atoms with van der Waals surface area (Å²) >= 11 is 0. The number of hydrogen-bond acceptors (Lipinski definition) is 3. The molecule has 1 aromatic heterocycles. The maximum atomic E-state index is 13.2. The summed E-state index contributed by atoms with van der Waals surface area (Å²) in [4.78, 5) is 16.7. The van der Waals surface area contributed by atoms with Crippen molar-refractivity contribution < 1.29 is 9.18 Å². The number of amides is 1. The lowest BCUT2D eigenvalue weighted by Gasteiger charge is -2.07. The predicted octanol–water partition coefficient (Wildman–Crippen LogP) is 3.60. The first-order valence-corrected chi connectivity index (χ1v) is 7.48. The molecule has 0 radical (unpaired) electrons. The standard InChI is InChI=1S/C19H16FN3O/c20-16-5-2-6-17(10-16)23-19(24)15-4-1-3-14(9-15)18-8-7-13(11-21)12-22-18/h1-10,12H,11,21H2,(H,23,24). The number of rotatable bonds is 4. The van der Waals surface area contributed by atoms with Crippen LogP contribution in [0.5, 0.6) is 0 Å². The Morgan fingerprint density at radius 1 is 1.08 bits per heavy atom. The van der Waals surface area contributed by atoms with Crippen LogP contribution in [0.3, 0.4) is 0 Å². The van der Waals surface area contributed by atoms with Gasteiger partial charge >= 0.3 is 0 Å². The predicted molar refractivity (Wildman–Crippen MR) is 91.9 cm³/mol. The molecule has 0 unspecified atom stereocenters. The number of nitrogens with two attached hydrogens (primary N) is 1. The van der Waals surface area contributed by atoms with E-state index in [1.165, 1.54) is 12.1 Å². The molecule has 4 nitrogen and oxygen atoms in total. The number of aromatic nitrogens is 1. The van der Waals surface area contributed by atoms with E-state index in [0.717, 1.165) is 16.8 Å². The van der Waals surface area contributed by atoms with Gasteiger partial charge in [0.05, 0.1) is 5.69 Å². The van der Waals surface area contributed by atoms with Gasteiger partial charge in [-0.3, -0.25) is 9.78 Å². The van der Waals surface area contributed by atoms with Crippen LogP contribution in [0.4, 0.5) is 10.1 Å². The highest BCUT2D eigenvalue weighted by atomic mass is 19.1. The zero-order valence-corrected chi connectivity index (χ0v) is 12.9. The van der Waals surface area contributed by atoms with Gasteiger partial charge in [0.2, 0.25) is 0 Å². The number of carbonyl (C=O) groups is 1. The zero-order chi connectivity index (χ0) is 16.9. The Morgan fingerprint density at radius 2 is 1.92 bits per heavy atom. The third kappa shape index (κ3) is 3.64. The molecule has 0 aliphatic carbocycles. The summed E-state index contributed by atoms with van der Waals surface area (Å²) in [5.41, 5.74) is 8.98. The zero-order valence-electron chi connectivity index (χ0n) is 12.9. The second kappa shape index (κ2) is 7.02. The average molecular weight is 321 g/mol. The van der Waals surface area contributed by atoms with E-state index in [1.54, 1.807) is 36.5 Å². The van der Waals surface area contributed by atoms with Gasteiger partial charge in [-0.2, -0.15) is 0 Å². The quantitative estimate of drug-likeness (QED) is 0.771. The Morgan fingerprint density at radius 3 is 2.62 bits per heavy atom. The summed E-state index contributed by atoms with van der Waals surface area (Å²) in [6, 6.07) is 16.7. The van der Waals surface area contributed by atoms with E-state index in [9.17, 15) is 9.18 Å². The molecular formula is C19H16FN3O. The van der Waals surface area contributed by atoms with Gasteiger partial charge in [-0.1, -0.05) is 24.3 Å². The third-order valence-electron chi connectivity index (χ3n) is 3.56. The highest BCUT2D eigenvalue weighted by Crippen LogP contribution is 2.19. The van der Waals surface area contributed by atoms with E-state index in [0.29, 0.717) is 17.8 Å². The van der Waals surface area contributed by atoms with Gasteiger partial charge < -0.3 is 11.1 Å². The van der Waals surface area contributed by atoms with Crippen LogP contribution >= 0.6 is 0 Å². The molecule has 3 N–H and O–H groups in total. The average Bonchev–Trinajstić information content (AvgIpc) is 2.62. The molecule has 3 aromatic rings. The summed E-state index contributed by atoms with van der Waals surface area (Å²) in [6.07, 6.45) is 1.72. The third-order valence-corrected chi connectivity index (χ3v) is 3.56. The molecule has 120 valence electrons. The first kappa shape index (κ1) is 15.8. The van der Waals surface area contributed by atoms with Gasteiger partial charge in [0.15, 0.2) is 0 Å². The van der Waals surface area contributed by atoms with E-state index < -0.39 is 5.82 Å². The van der Waals surface area contributed by atoms with Crippen molar-refractivity contribution in [1.82, 2.24) is 4.98 Å². The second-order valence-electron chi connectivity index (χ2n) is 5.30. The number of hydrogen-bond donors (Lipinski definition) is 2. The van der Waals surface area contributed by atoms with Crippen LogP contribution in [0, 0.1) is 5.82 Å². The largest absolute Gasteiger partial charge is 0.326 e. The van der Waals surface area contributed by atoms with Gasteiger partial charge in [0, 0.05) is 29.6 Å². The molecule has 0 saturated carbocycles. The van der Waals surface area contributed by atoms with E-state index in [4.69, 9.17) is 5.73 Å². The molecule has 0 aliphatic rings. The van der Waals surface area contributed by atoms with Crippen LogP contribution < -0.4 is 11.1 Å². The summed E-state index contributed by atoms with van der Waals surface area (Å²) in [5.74, 6) is -0.702. The Balaban J connectivity index is 1.82. The minimum Gasteiger partial charge on any atom is -0.326 e. The van der Waals surface area contributed by atoms with E-state index in [2.05, 4.69) is 10.3 Å². The van der Waals surface area contributed by atoms with E-state index in [-0.39, 0.29) is 5.91 Å². The Bertz CT molecular complexity index is 862. The molecule has 24 heavy (non-hydrogen) atoms. The number of benzene rings is 2. The van der Waals surface area contributed by atoms with Crippen LogP contribution in [0.15, 0.2) is 66.9 Å². The Kier molecular flexibility index (Phi) is 4.63. The van der Waals surface area contributed by atoms with E-state index in [1.807, 2.05) is 18.2 Å². The first-order valence-electron chi connectivity index (χ1n) is 7.48. The molecule has 0 atom stereocenters. The molecule has 1 amide bonds. The molecule has 1 heterocycles. The van der Waals surface area contributed by atoms with Gasteiger partial charge in [-0.05, 0) is 42.0 Å². The van der Waals surface area contributed by atoms with Crippen LogP contribution in [0.25, 0.3) is 11.3 Å². The Labute approximate surface area is 139 Å². The molecule has 0 fully saturated rings. The molecule has 0 saturated heterocycles. The lowest BCUT2D eigenvalue weighted by Crippen LogP contribution is -2.12. The number of pyridine rings is 1. The lowest BCUT2D eigenvalue weighted by molar-refractivity contribution is 0.102. The Hall–Kier alpha value is -3.05. The molecule has 3 rings (SSSR count). The van der Waals surface area contributed by atoms with Crippen LogP contribution in [-0.4, -0.2) is 10.9 Å². The lowest BCUT2D eigenvalue weighted by atomic mass is 10.1. The number of anilines is 1. The molecular weight excluding hydrogens is 305 g/mol. The van der Waals surface area contributed by atoms with Crippen molar-refractivity contribution in [2.24, 2.45) is 5.73 Å². The van der Waals surface area contributed by atoms with Crippen molar-refractivity contribution in [2.75, 3.05) is 5.32 Å². The molecule has 0 bridgehead atoms. The van der Waals surface area contributed by atoms with Crippen molar-refractivity contribution >= 4 is 11.6 Å². The van der Waals surface area contributed by atoms with E-state index >= 15 is 0 Å². The fraction of sp³-hybridized carbons (Fsp3) is 0.0526. The van der Waals surface area contributed by atoms with Crippen molar-refractivity contribution in [3.05, 3.63) is 83.8 Å². The summed E-state index contributed by atoms with van der Waals surface area (Å²) < 4.78 is 13.2. The maximum absolute atomic E-state index is 13.2. The van der Waals surface area contributed by atoms with Gasteiger partial charge in [-0.25, -0.2) is 4.39 Å². The second-order valence-corrected chi connectivity index (χ2v) is 5.30. The SMILES string of the molecule is NCc1ccc(-c2cccc(C(=O)Nc3cccc(F)c3)c2)nc1. The molecule has 2 aromatic carbocycles. The minimum atomic E-state index is -0.397. The van der Waals surface area contributed by atoms with Crippen molar-refractivity contribution in [2.45, 2.75) is 6.54 Å². The van der Waals surface area contributed by atoms with Gasteiger partial charge in [0.1, 0.15) is 5.82 Å². The van der Waals surface area contributed by atoms with Gasteiger partial charge in [-0.15, -0.1) is 0 Å². The fourth-order valence-corrected chi connectivity index (χ4v) is 2.31. The van der Waals surface area contributed by atoms with Crippen molar-refractivity contribution in [1.29, 1.82) is 0 Å². The molecule has 0 spiro atoms. The topological polar surface area (TPSA) is 68.0 Å². The molecule has 0 aliphatic heterocycles. The highest BCUT2D eigenvalue weighted by Gasteiger charge is 2.09. The van der Waals surface area contributed by atoms with Crippen LogP contribution in [0.2, 0.25) is 0 Å². The van der Waals surface area contributed by atoms with Gasteiger partial charge in [0.25, 0.3) is 5.91 Å². The summed E-state index contributed by atoms with van der Waals surface area (Å²) in [6.45, 7) is 0.434. The monoisotopic (exact) mass is 321 g/mol. The maximum Gasteiger partial charge on any atom is 0.255 e. The smallest absolute Gasteiger partial charge is 0.255 e. The first-order chi connectivity index (χ1) is 11.7. The van der Waals surface area contributed by atoms with Crippen LogP contribution in [-0.2, 0) is 6.54 Å². The minimum absolute atomic E-state index is 0.305. The summed E-state index contributed by atoms with van der Waals surface area (Å²) in [7, 11) is 0. The highest BCUT2D eigenvalue weighted by molar-refractivity contribution is 6.04. The number of nitrogens with one attached hydrogen (secondary N) is 1. The normalized spacial score (nSPS) is 10.4. The fourth-order valence-electron chi connectivity index (χ4n) is 2.31. The number of nitrogens with zero attached hydrogens (tertiary/aromatic N) is 1. The number of carbonyl (C=O) groups excluding carboxylic acids is 1. The van der Waals surface area contributed by atoms with Crippen molar-refractivity contribution in [3.8, 4) is 11.3 Å². The number of halogens is 1. The van der Waals surface area contributed by atoms with Crippen LogP contribution in [0.1, 0.15) is 15.9 Å². The summed E-state index contributed by atoms with van der Waals surface area (Å²) in [5, 5.41) is 2.68. The van der Waals surface area contributed by atoms with Crippen molar-refractivity contribution in [3.63, 3.8) is 0 Å².